The summed E-state index contributed by atoms with van der Waals surface area (Å²) in [5, 5.41) is 0. The van der Waals surface area contributed by atoms with E-state index in [1.807, 2.05) is 0 Å². The van der Waals surface area contributed by atoms with Crippen molar-refractivity contribution in [3.05, 3.63) is 0 Å². The van der Waals surface area contributed by atoms with E-state index in [1.165, 1.54) is 0 Å². The fourth-order valence-electron chi connectivity index (χ4n) is 0. The maximum absolute atomic E-state index is 8.49. The van der Waals surface area contributed by atoms with Gasteiger partial charge in [0.25, 0.3) is 0 Å². The molecule has 7 heavy (non-hydrogen) atoms. The van der Waals surface area contributed by atoms with Crippen LogP contribution in [0.15, 0.2) is 0 Å². The molecule has 0 amide bonds. The summed E-state index contributed by atoms with van der Waals surface area (Å²) in [6, 6.07) is 0. The van der Waals surface area contributed by atoms with Crippen molar-refractivity contribution in [2.45, 2.75) is 0 Å². The average molecular weight is 316 g/mol. The summed E-state index contributed by atoms with van der Waals surface area (Å²) in [7, 11) is -4.94. The van der Waals surface area contributed by atoms with Crippen molar-refractivity contribution in [3.63, 3.8) is 0 Å². The normalized spacial score (nSPS) is 9.43. The van der Waals surface area contributed by atoms with E-state index in [4.69, 9.17) is 21.3 Å². The molecule has 39 valence electrons. The van der Waals surface area contributed by atoms with E-state index < -0.39 is 10.2 Å². The quantitative estimate of drug-likeness (QED) is 0.416. The number of rotatable bonds is 0. The van der Waals surface area contributed by atoms with Crippen LogP contribution in [0.3, 0.4) is 0 Å². The van der Waals surface area contributed by atoms with E-state index in [9.17, 15) is 0 Å². The van der Waals surface area contributed by atoms with Crippen LogP contribution in [-0.4, -0.2) is 0 Å². The van der Waals surface area contributed by atoms with Gasteiger partial charge in [0.1, 0.15) is 0 Å². The van der Waals surface area contributed by atoms with Gasteiger partial charge in [0.05, 0.1) is 0 Å². The summed E-state index contributed by atoms with van der Waals surface area (Å²) in [5.74, 6) is 0. The van der Waals surface area contributed by atoms with Gasteiger partial charge < -0.3 is 0 Å². The fraction of sp³-hybridized carbons (Fsp3) is 0. The Kier molecular flexibility index (Phi) is 7.71. The van der Waals surface area contributed by atoms with E-state index in [1.54, 1.807) is 0 Å². The molecule has 0 spiro atoms. The van der Waals surface area contributed by atoms with Crippen molar-refractivity contribution in [1.82, 2.24) is 0 Å². The molecule has 0 unspecified atom stereocenters. The zero-order chi connectivity index (χ0) is 6.50. The molecule has 0 heterocycles. The number of hydrogen-bond acceptors (Lipinski definition) is 5. The molecule has 0 aliphatic heterocycles. The van der Waals surface area contributed by atoms with Crippen molar-refractivity contribution < 1.29 is 57.7 Å². The predicted octanol–water partition coefficient (Wildman–Crippen LogP) is -4.88. The Balaban J connectivity index is 0. The second-order valence-corrected chi connectivity index (χ2v) is 1.13. The molecule has 0 N–H and O–H groups in total. The van der Waals surface area contributed by atoms with Gasteiger partial charge in [-0.25, -0.2) is 18.6 Å². The van der Waals surface area contributed by atoms with Gasteiger partial charge in [-0.05, 0) is 0 Å². The van der Waals surface area contributed by atoms with Gasteiger partial charge in [0.15, 0.2) is 0 Å². The van der Waals surface area contributed by atoms with Gasteiger partial charge >= 0.3 is 28.8 Å². The summed E-state index contributed by atoms with van der Waals surface area (Å²) < 4.78 is 42.4. The molecule has 0 aromatic heterocycles. The third-order valence-electron chi connectivity index (χ3n) is 0. The molecule has 5 nitrogen and oxygen atoms in total. The van der Waals surface area contributed by atoms with Crippen LogP contribution in [0.5, 0.6) is 0 Å². The second-order valence-electron chi connectivity index (χ2n) is 0.378. The van der Waals surface area contributed by atoms with Crippen molar-refractivity contribution in [3.8, 4) is 0 Å². The molecule has 7 heteroatoms. The van der Waals surface area contributed by atoms with Crippen LogP contribution in [0.4, 0.5) is 0 Å². The minimum absolute atomic E-state index is 0.222. The van der Waals surface area contributed by atoms with Crippen LogP contribution in [0.1, 0.15) is 0 Å². The molecule has 0 saturated heterocycles. The average Bonchev–Trinajstić information content (AvgIpc) is 1.36. The second kappa shape index (κ2) is 5.01. The van der Waals surface area contributed by atoms with E-state index in [-0.39, 0.29) is 26.1 Å². The molecular formula is ClHgO5. The Morgan fingerprint density at radius 2 is 1.00 bits per heavy atom. The molecule has 0 rings (SSSR count). The molecule has 0 aromatic carbocycles. The van der Waals surface area contributed by atoms with E-state index in [2.05, 4.69) is 0 Å². The first kappa shape index (κ1) is 10.8. The van der Waals surface area contributed by atoms with E-state index >= 15 is 0 Å². The van der Waals surface area contributed by atoms with Gasteiger partial charge in [-0.3, -0.25) is 0 Å². The topological polar surface area (TPSA) is 109 Å². The van der Waals surface area contributed by atoms with Crippen LogP contribution in [0.2, 0.25) is 0 Å². The first-order valence-electron chi connectivity index (χ1n) is 0.906. The molecule has 0 aromatic rings. The van der Waals surface area contributed by atoms with Crippen molar-refractivity contribution in [2.75, 3.05) is 0 Å². The number of hydrogen-bond donors (Lipinski definition) is 0. The third-order valence-corrected chi connectivity index (χ3v) is 0. The van der Waals surface area contributed by atoms with Crippen LogP contribution in [0.25, 0.3) is 0 Å². The Morgan fingerprint density at radius 1 is 1.00 bits per heavy atom. The molecule has 0 radical (unpaired) electrons. The molecule has 0 saturated carbocycles. The van der Waals surface area contributed by atoms with Crippen LogP contribution in [-0.2, 0) is 28.8 Å². The summed E-state index contributed by atoms with van der Waals surface area (Å²) in [6.07, 6.45) is 0. The summed E-state index contributed by atoms with van der Waals surface area (Å²) >= 11 is -0.222. The van der Waals surface area contributed by atoms with E-state index in [0.29, 0.717) is 0 Å². The third kappa shape index (κ3) is 217. The van der Waals surface area contributed by atoms with Crippen molar-refractivity contribution in [1.29, 1.82) is 0 Å². The molecule has 0 atom stereocenters. The molecule has 0 bridgehead atoms. The standard InChI is InChI=1S/ClHO4.Hg.O/c2-1(3,4)5;;/h(H,2,3,4,5);;/q;+1;/p-1. The van der Waals surface area contributed by atoms with Gasteiger partial charge in [-0.2, -0.15) is 0 Å². The molecule has 0 aliphatic rings. The van der Waals surface area contributed by atoms with Crippen LogP contribution in [0, 0.1) is 10.2 Å². The zero-order valence-corrected chi connectivity index (χ0v) is 9.38. The molecule has 0 aliphatic carbocycles. The van der Waals surface area contributed by atoms with Gasteiger partial charge in [0, 0.05) is 0 Å². The van der Waals surface area contributed by atoms with Crippen molar-refractivity contribution >= 4 is 0 Å². The Labute approximate surface area is 57.8 Å². The van der Waals surface area contributed by atoms with Gasteiger partial charge in [-0.15, -0.1) is 10.2 Å². The van der Waals surface area contributed by atoms with Gasteiger partial charge in [0.2, 0.25) is 0 Å². The van der Waals surface area contributed by atoms with Gasteiger partial charge in [-0.1, -0.05) is 0 Å². The Morgan fingerprint density at radius 3 is 1.00 bits per heavy atom. The predicted molar refractivity (Wildman–Crippen MR) is 0.686 cm³/mol. The monoisotopic (exact) mass is 317 g/mol. The summed E-state index contributed by atoms with van der Waals surface area (Å²) in [4.78, 5) is 0. The summed E-state index contributed by atoms with van der Waals surface area (Å²) in [5.41, 5.74) is 0. The zero-order valence-electron chi connectivity index (χ0n) is 3.13. The van der Waals surface area contributed by atoms with Crippen LogP contribution < -0.4 is 18.6 Å². The first-order chi connectivity index (χ1) is 3.00. The minimum atomic E-state index is -4.94. The van der Waals surface area contributed by atoms with Crippen LogP contribution >= 0.6 is 0 Å². The Bertz CT molecular complexity index is 31.8. The SMILES string of the molecule is [O-][Cl+3]([O-])([O-])[O-].[O]=[Hg+]. The molecular weight excluding hydrogens is 316 g/mol. The Hall–Kier alpha value is 0.865. The van der Waals surface area contributed by atoms with Crippen molar-refractivity contribution in [2.24, 2.45) is 0 Å². The summed E-state index contributed by atoms with van der Waals surface area (Å²) in [6.45, 7) is 0. The molecule has 0 fully saturated rings. The number of halogens is 1. The maximum atomic E-state index is 8.49. The fourth-order valence-corrected chi connectivity index (χ4v) is 0. The first-order valence-corrected chi connectivity index (χ1v) is 4.38. The van der Waals surface area contributed by atoms with E-state index in [0.717, 1.165) is 0 Å².